The van der Waals surface area contributed by atoms with Crippen LogP contribution in [0, 0.1) is 11.3 Å². The number of halogens is 1. The molecule has 0 saturated heterocycles. The number of hydrogen-bond acceptors (Lipinski definition) is 6. The normalized spacial score (nSPS) is 11.7. The van der Waals surface area contributed by atoms with Crippen molar-refractivity contribution < 1.29 is 4.79 Å². The summed E-state index contributed by atoms with van der Waals surface area (Å²) in [6.07, 6.45) is 0. The summed E-state index contributed by atoms with van der Waals surface area (Å²) in [6.45, 7) is 2.42. The van der Waals surface area contributed by atoms with Gasteiger partial charge in [0.05, 0.1) is 27.3 Å². The van der Waals surface area contributed by atoms with Gasteiger partial charge in [-0.05, 0) is 42.1 Å². The van der Waals surface area contributed by atoms with Crippen LogP contribution in [0.25, 0.3) is 10.7 Å². The van der Waals surface area contributed by atoms with Crippen molar-refractivity contribution in [3.63, 3.8) is 0 Å². The standard InChI is InChI=1S/C23H18ClN5OS2/c1-15(22(30)26-18-10-9-17(13-25)19(24)12-18)32-23-28-27-21(20-8-5-11-31-20)29(23)14-16-6-3-2-4-7-16/h2-12,15H,14H2,1H3,(H,26,30). The maximum Gasteiger partial charge on any atom is 0.237 e. The molecule has 160 valence electrons. The minimum absolute atomic E-state index is 0.192. The lowest BCUT2D eigenvalue weighted by Gasteiger charge is -2.14. The molecule has 4 rings (SSSR count). The van der Waals surface area contributed by atoms with Gasteiger partial charge < -0.3 is 5.32 Å². The summed E-state index contributed by atoms with van der Waals surface area (Å²) in [6, 6.07) is 20.9. The Labute approximate surface area is 198 Å². The first-order chi connectivity index (χ1) is 15.5. The van der Waals surface area contributed by atoms with Crippen LogP contribution in [0.1, 0.15) is 18.1 Å². The Hall–Kier alpha value is -3.12. The number of rotatable bonds is 7. The lowest BCUT2D eigenvalue weighted by molar-refractivity contribution is -0.115. The van der Waals surface area contributed by atoms with Crippen LogP contribution in [0.4, 0.5) is 5.69 Å². The molecule has 1 unspecified atom stereocenters. The van der Waals surface area contributed by atoms with E-state index in [0.29, 0.717) is 28.0 Å². The minimum atomic E-state index is -0.431. The van der Waals surface area contributed by atoms with Crippen molar-refractivity contribution in [2.24, 2.45) is 0 Å². The highest BCUT2D eigenvalue weighted by Gasteiger charge is 2.22. The largest absolute Gasteiger partial charge is 0.325 e. The molecule has 0 aliphatic carbocycles. The van der Waals surface area contributed by atoms with Gasteiger partial charge in [0.1, 0.15) is 6.07 Å². The summed E-state index contributed by atoms with van der Waals surface area (Å²) >= 11 is 9.01. The summed E-state index contributed by atoms with van der Waals surface area (Å²) in [5, 5.41) is 23.2. The molecule has 1 N–H and O–H groups in total. The van der Waals surface area contributed by atoms with Gasteiger partial charge in [-0.2, -0.15) is 5.26 Å². The van der Waals surface area contributed by atoms with Crippen LogP contribution >= 0.6 is 34.7 Å². The molecular weight excluding hydrogens is 462 g/mol. The van der Waals surface area contributed by atoms with Gasteiger partial charge in [0.2, 0.25) is 5.91 Å². The zero-order valence-electron chi connectivity index (χ0n) is 17.0. The number of thioether (sulfide) groups is 1. The molecule has 2 heterocycles. The third-order valence-corrected chi connectivity index (χ3v) is 6.91. The smallest absolute Gasteiger partial charge is 0.237 e. The highest BCUT2D eigenvalue weighted by atomic mass is 35.5. The molecule has 1 amide bonds. The number of thiophene rings is 1. The van der Waals surface area contributed by atoms with E-state index in [1.54, 1.807) is 29.5 Å². The van der Waals surface area contributed by atoms with Crippen molar-refractivity contribution in [1.82, 2.24) is 14.8 Å². The number of nitrogens with zero attached hydrogens (tertiary/aromatic N) is 4. The molecule has 2 aromatic carbocycles. The molecule has 0 fully saturated rings. The number of aromatic nitrogens is 3. The van der Waals surface area contributed by atoms with E-state index in [0.717, 1.165) is 16.3 Å². The summed E-state index contributed by atoms with van der Waals surface area (Å²) in [4.78, 5) is 13.8. The van der Waals surface area contributed by atoms with Crippen LogP contribution in [0.5, 0.6) is 0 Å². The van der Waals surface area contributed by atoms with E-state index in [9.17, 15) is 4.79 Å². The third kappa shape index (κ3) is 5.02. The van der Waals surface area contributed by atoms with Gasteiger partial charge in [-0.1, -0.05) is 59.8 Å². The number of benzene rings is 2. The average Bonchev–Trinajstić information content (AvgIpc) is 3.45. The van der Waals surface area contributed by atoms with E-state index in [1.165, 1.54) is 11.8 Å². The Kier molecular flexibility index (Phi) is 6.90. The molecule has 4 aromatic rings. The highest BCUT2D eigenvalue weighted by Crippen LogP contribution is 2.30. The summed E-state index contributed by atoms with van der Waals surface area (Å²) in [5.41, 5.74) is 2.02. The first-order valence-electron chi connectivity index (χ1n) is 9.73. The number of carbonyl (C=O) groups is 1. The first kappa shape index (κ1) is 22.1. The van der Waals surface area contributed by atoms with E-state index < -0.39 is 5.25 Å². The zero-order valence-corrected chi connectivity index (χ0v) is 19.4. The number of nitrogens with one attached hydrogen (secondary N) is 1. The van der Waals surface area contributed by atoms with Crippen LogP contribution in [0.2, 0.25) is 5.02 Å². The zero-order chi connectivity index (χ0) is 22.5. The SMILES string of the molecule is CC(Sc1nnc(-c2cccs2)n1Cc1ccccc1)C(=O)Nc1ccc(C#N)c(Cl)c1. The van der Waals surface area contributed by atoms with Crippen LogP contribution < -0.4 is 5.32 Å². The number of hydrogen-bond donors (Lipinski definition) is 1. The summed E-state index contributed by atoms with van der Waals surface area (Å²) < 4.78 is 2.04. The molecule has 0 spiro atoms. The monoisotopic (exact) mass is 479 g/mol. The maximum atomic E-state index is 12.8. The van der Waals surface area contributed by atoms with Crippen molar-refractivity contribution in [3.8, 4) is 16.8 Å². The molecular formula is C23H18ClN5OS2. The van der Waals surface area contributed by atoms with Gasteiger partial charge in [-0.15, -0.1) is 21.5 Å². The van der Waals surface area contributed by atoms with E-state index in [2.05, 4.69) is 27.6 Å². The second-order valence-corrected chi connectivity index (χ2v) is 9.57. The van der Waals surface area contributed by atoms with Crippen molar-refractivity contribution >= 4 is 46.3 Å². The molecule has 2 aromatic heterocycles. The van der Waals surface area contributed by atoms with Gasteiger partial charge in [-0.25, -0.2) is 0 Å². The van der Waals surface area contributed by atoms with Crippen LogP contribution in [0.15, 0.2) is 71.2 Å². The van der Waals surface area contributed by atoms with Crippen LogP contribution in [0.3, 0.4) is 0 Å². The van der Waals surface area contributed by atoms with Crippen LogP contribution in [-0.4, -0.2) is 25.9 Å². The summed E-state index contributed by atoms with van der Waals surface area (Å²) in [5.74, 6) is 0.584. The molecule has 0 aliphatic rings. The Morgan fingerprint density at radius 2 is 2.03 bits per heavy atom. The summed E-state index contributed by atoms with van der Waals surface area (Å²) in [7, 11) is 0. The quantitative estimate of drug-likeness (QED) is 0.344. The van der Waals surface area contributed by atoms with Crippen molar-refractivity contribution in [3.05, 3.63) is 82.2 Å². The molecule has 9 heteroatoms. The Bertz CT molecular complexity index is 1270. The highest BCUT2D eigenvalue weighted by molar-refractivity contribution is 8.00. The lowest BCUT2D eigenvalue weighted by atomic mass is 10.2. The first-order valence-corrected chi connectivity index (χ1v) is 11.9. The van der Waals surface area contributed by atoms with E-state index in [4.69, 9.17) is 16.9 Å². The molecule has 0 bridgehead atoms. The van der Waals surface area contributed by atoms with E-state index >= 15 is 0 Å². The Morgan fingerprint density at radius 3 is 2.72 bits per heavy atom. The second kappa shape index (κ2) is 10.0. The molecule has 6 nitrogen and oxygen atoms in total. The molecule has 0 saturated carbocycles. The van der Waals surface area contributed by atoms with Gasteiger partial charge in [-0.3, -0.25) is 9.36 Å². The van der Waals surface area contributed by atoms with Gasteiger partial charge in [0.25, 0.3) is 0 Å². The van der Waals surface area contributed by atoms with Crippen molar-refractivity contribution in [2.45, 2.75) is 23.9 Å². The molecule has 32 heavy (non-hydrogen) atoms. The average molecular weight is 480 g/mol. The number of amides is 1. The van der Waals surface area contributed by atoms with Gasteiger partial charge in [0.15, 0.2) is 11.0 Å². The Morgan fingerprint density at radius 1 is 1.22 bits per heavy atom. The van der Waals surface area contributed by atoms with Gasteiger partial charge >= 0.3 is 0 Å². The fraction of sp³-hybridized carbons (Fsp3) is 0.130. The van der Waals surface area contributed by atoms with E-state index in [-0.39, 0.29) is 5.91 Å². The fourth-order valence-corrected chi connectivity index (χ4v) is 4.80. The molecule has 0 radical (unpaired) electrons. The topological polar surface area (TPSA) is 83.6 Å². The number of anilines is 1. The molecule has 1 atom stereocenters. The van der Waals surface area contributed by atoms with Crippen molar-refractivity contribution in [2.75, 3.05) is 5.32 Å². The van der Waals surface area contributed by atoms with Crippen LogP contribution in [-0.2, 0) is 11.3 Å². The fourth-order valence-electron chi connectivity index (χ4n) is 3.01. The van der Waals surface area contributed by atoms with E-state index in [1.807, 2.05) is 53.3 Å². The van der Waals surface area contributed by atoms with Gasteiger partial charge in [0, 0.05) is 5.69 Å². The maximum absolute atomic E-state index is 12.8. The number of carbonyl (C=O) groups excluding carboxylic acids is 1. The lowest BCUT2D eigenvalue weighted by Crippen LogP contribution is -2.23. The second-order valence-electron chi connectivity index (χ2n) is 6.91. The molecule has 0 aliphatic heterocycles. The predicted octanol–water partition coefficient (Wildman–Crippen LogP) is 5.70. The Balaban J connectivity index is 1.54. The third-order valence-electron chi connectivity index (χ3n) is 4.65. The predicted molar refractivity (Wildman–Crippen MR) is 129 cm³/mol. The minimum Gasteiger partial charge on any atom is -0.325 e. The number of nitriles is 1. The van der Waals surface area contributed by atoms with Crippen molar-refractivity contribution in [1.29, 1.82) is 5.26 Å².